The van der Waals surface area contributed by atoms with Gasteiger partial charge in [-0.15, -0.1) is 0 Å². The van der Waals surface area contributed by atoms with Gasteiger partial charge in [0, 0.05) is 31.1 Å². The van der Waals surface area contributed by atoms with Crippen LogP contribution in [0.3, 0.4) is 0 Å². The second-order valence-corrected chi connectivity index (χ2v) is 8.96. The smallest absolute Gasteiger partial charge is 0.251 e. The number of ether oxygens (including phenoxy) is 1. The maximum absolute atomic E-state index is 13.0. The van der Waals surface area contributed by atoms with Gasteiger partial charge in [-0.1, -0.05) is 0 Å². The van der Waals surface area contributed by atoms with E-state index in [1.165, 1.54) is 28.6 Å². The molecule has 0 bridgehead atoms. The van der Waals surface area contributed by atoms with Gasteiger partial charge in [-0.05, 0) is 60.9 Å². The SMILES string of the molecule is O=C(NC1CCN(S(=O)(=O)c2ccc3c(c2)CCO3)CC1)c1ccc(F)cc1. The van der Waals surface area contributed by atoms with Crippen LogP contribution in [-0.2, 0) is 16.4 Å². The molecule has 28 heavy (non-hydrogen) atoms. The lowest BCUT2D eigenvalue weighted by Crippen LogP contribution is -2.46. The Morgan fingerprint density at radius 2 is 1.82 bits per heavy atom. The number of hydrogen-bond acceptors (Lipinski definition) is 4. The molecule has 0 aliphatic carbocycles. The van der Waals surface area contributed by atoms with Crippen molar-refractivity contribution >= 4 is 15.9 Å². The highest BCUT2D eigenvalue weighted by Gasteiger charge is 2.31. The van der Waals surface area contributed by atoms with Gasteiger partial charge in [0.2, 0.25) is 10.0 Å². The number of piperidine rings is 1. The highest BCUT2D eigenvalue weighted by Crippen LogP contribution is 2.29. The summed E-state index contributed by atoms with van der Waals surface area (Å²) in [5, 5.41) is 2.90. The summed E-state index contributed by atoms with van der Waals surface area (Å²) in [6, 6.07) is 10.2. The maximum atomic E-state index is 13.0. The summed E-state index contributed by atoms with van der Waals surface area (Å²) in [5.74, 6) is 0.0780. The first-order valence-electron chi connectivity index (χ1n) is 9.26. The summed E-state index contributed by atoms with van der Waals surface area (Å²) in [4.78, 5) is 12.5. The lowest BCUT2D eigenvalue weighted by Gasteiger charge is -2.31. The first-order chi connectivity index (χ1) is 13.4. The molecular weight excluding hydrogens is 383 g/mol. The first kappa shape index (κ1) is 18.9. The number of halogens is 1. The molecule has 0 unspecified atom stereocenters. The number of carbonyl (C=O) groups excluding carboxylic acids is 1. The Labute approximate surface area is 163 Å². The van der Waals surface area contributed by atoms with Crippen molar-refractivity contribution in [3.05, 3.63) is 59.4 Å². The van der Waals surface area contributed by atoms with E-state index in [4.69, 9.17) is 4.74 Å². The third kappa shape index (κ3) is 3.74. The second-order valence-electron chi connectivity index (χ2n) is 7.03. The van der Waals surface area contributed by atoms with Gasteiger partial charge in [-0.2, -0.15) is 4.31 Å². The van der Waals surface area contributed by atoms with Crippen molar-refractivity contribution in [1.82, 2.24) is 9.62 Å². The van der Waals surface area contributed by atoms with E-state index in [0.29, 0.717) is 38.1 Å². The first-order valence-corrected chi connectivity index (χ1v) is 10.7. The minimum absolute atomic E-state index is 0.113. The predicted molar refractivity (Wildman–Crippen MR) is 101 cm³/mol. The summed E-state index contributed by atoms with van der Waals surface area (Å²) in [6.07, 6.45) is 1.77. The number of nitrogens with zero attached hydrogens (tertiary/aromatic N) is 1. The number of carbonyl (C=O) groups is 1. The average molecular weight is 404 g/mol. The van der Waals surface area contributed by atoms with Crippen LogP contribution in [0.1, 0.15) is 28.8 Å². The van der Waals surface area contributed by atoms with Gasteiger partial charge < -0.3 is 10.1 Å². The van der Waals surface area contributed by atoms with Gasteiger partial charge in [0.1, 0.15) is 11.6 Å². The molecule has 2 aliphatic heterocycles. The van der Waals surface area contributed by atoms with Crippen molar-refractivity contribution in [2.45, 2.75) is 30.2 Å². The van der Waals surface area contributed by atoms with E-state index in [9.17, 15) is 17.6 Å². The number of hydrogen-bond donors (Lipinski definition) is 1. The van der Waals surface area contributed by atoms with Crippen LogP contribution < -0.4 is 10.1 Å². The molecule has 2 aromatic carbocycles. The summed E-state index contributed by atoms with van der Waals surface area (Å²) in [7, 11) is -3.57. The molecule has 0 atom stereocenters. The molecule has 1 fully saturated rings. The van der Waals surface area contributed by atoms with Gasteiger partial charge in [0.05, 0.1) is 11.5 Å². The fraction of sp³-hybridized carbons (Fsp3) is 0.350. The monoisotopic (exact) mass is 404 g/mol. The molecule has 8 heteroatoms. The Balaban J connectivity index is 1.38. The van der Waals surface area contributed by atoms with Gasteiger partial charge in [0.15, 0.2) is 0 Å². The van der Waals surface area contributed by atoms with Gasteiger partial charge in [-0.25, -0.2) is 12.8 Å². The fourth-order valence-corrected chi connectivity index (χ4v) is 5.10. The maximum Gasteiger partial charge on any atom is 0.251 e. The van der Waals surface area contributed by atoms with Gasteiger partial charge in [0.25, 0.3) is 5.91 Å². The molecular formula is C20H21FN2O4S. The Morgan fingerprint density at radius 1 is 1.11 bits per heavy atom. The number of sulfonamides is 1. The Bertz CT molecular complexity index is 984. The predicted octanol–water partition coefficient (Wildman–Crippen LogP) is 2.34. The molecule has 4 rings (SSSR count). The van der Waals surface area contributed by atoms with E-state index < -0.39 is 15.8 Å². The van der Waals surface area contributed by atoms with Crippen molar-refractivity contribution in [1.29, 1.82) is 0 Å². The van der Waals surface area contributed by atoms with Crippen molar-refractivity contribution in [2.24, 2.45) is 0 Å². The van der Waals surface area contributed by atoms with E-state index in [0.717, 1.165) is 17.7 Å². The van der Waals surface area contributed by atoms with Crippen LogP contribution in [0.2, 0.25) is 0 Å². The van der Waals surface area contributed by atoms with E-state index in [-0.39, 0.29) is 16.8 Å². The minimum Gasteiger partial charge on any atom is -0.493 e. The second kappa shape index (κ2) is 7.52. The van der Waals surface area contributed by atoms with Crippen molar-refractivity contribution in [2.75, 3.05) is 19.7 Å². The van der Waals surface area contributed by atoms with Crippen LogP contribution in [-0.4, -0.2) is 44.4 Å². The number of fused-ring (bicyclic) bond motifs is 1. The summed E-state index contributed by atoms with van der Waals surface area (Å²) >= 11 is 0. The van der Waals surface area contributed by atoms with E-state index in [1.54, 1.807) is 18.2 Å². The molecule has 0 spiro atoms. The average Bonchev–Trinajstić information content (AvgIpc) is 3.17. The fourth-order valence-electron chi connectivity index (χ4n) is 3.58. The Morgan fingerprint density at radius 3 is 2.54 bits per heavy atom. The molecule has 0 saturated carbocycles. The van der Waals surface area contributed by atoms with E-state index in [1.807, 2.05) is 0 Å². The minimum atomic E-state index is -3.57. The molecule has 0 radical (unpaired) electrons. The van der Waals surface area contributed by atoms with Crippen molar-refractivity contribution < 1.29 is 22.3 Å². The van der Waals surface area contributed by atoms with Crippen molar-refractivity contribution in [3.63, 3.8) is 0 Å². The van der Waals surface area contributed by atoms with Crippen LogP contribution in [0, 0.1) is 5.82 Å². The molecule has 0 aromatic heterocycles. The zero-order valence-electron chi connectivity index (χ0n) is 15.2. The normalized spacial score (nSPS) is 17.8. The number of amides is 1. The van der Waals surface area contributed by atoms with Gasteiger partial charge >= 0.3 is 0 Å². The lowest BCUT2D eigenvalue weighted by molar-refractivity contribution is 0.0924. The lowest BCUT2D eigenvalue weighted by atomic mass is 10.1. The van der Waals surface area contributed by atoms with Crippen LogP contribution in [0.25, 0.3) is 0 Å². The van der Waals surface area contributed by atoms with Gasteiger partial charge in [-0.3, -0.25) is 4.79 Å². The number of nitrogens with one attached hydrogen (secondary N) is 1. The number of rotatable bonds is 4. The summed E-state index contributed by atoms with van der Waals surface area (Å²) in [5.41, 5.74) is 1.30. The van der Waals surface area contributed by atoms with Crippen molar-refractivity contribution in [3.8, 4) is 5.75 Å². The molecule has 2 aliphatic rings. The molecule has 1 saturated heterocycles. The zero-order valence-corrected chi connectivity index (χ0v) is 16.0. The topological polar surface area (TPSA) is 75.7 Å². The molecule has 1 amide bonds. The van der Waals surface area contributed by atoms with Crippen LogP contribution in [0.5, 0.6) is 5.75 Å². The molecule has 1 N–H and O–H groups in total. The standard InChI is InChI=1S/C20H21FN2O4S/c21-16-3-1-14(2-4-16)20(24)22-17-7-10-23(11-8-17)28(25,26)18-5-6-19-15(13-18)9-12-27-19/h1-6,13,17H,7-12H2,(H,22,24). The third-order valence-corrected chi connectivity index (χ3v) is 7.09. The van der Waals surface area contributed by atoms with E-state index in [2.05, 4.69) is 5.32 Å². The highest BCUT2D eigenvalue weighted by molar-refractivity contribution is 7.89. The summed E-state index contributed by atoms with van der Waals surface area (Å²) < 4.78 is 45.7. The molecule has 2 heterocycles. The number of benzene rings is 2. The van der Waals surface area contributed by atoms with Crippen LogP contribution in [0.15, 0.2) is 47.4 Å². The molecule has 2 aromatic rings. The zero-order chi connectivity index (χ0) is 19.7. The van der Waals surface area contributed by atoms with Crippen LogP contribution in [0.4, 0.5) is 4.39 Å². The summed E-state index contributed by atoms with van der Waals surface area (Å²) in [6.45, 7) is 1.26. The highest BCUT2D eigenvalue weighted by atomic mass is 32.2. The Kier molecular flexibility index (Phi) is 5.07. The quantitative estimate of drug-likeness (QED) is 0.849. The molecule has 6 nitrogen and oxygen atoms in total. The largest absolute Gasteiger partial charge is 0.493 e. The van der Waals surface area contributed by atoms with Crippen LogP contribution >= 0.6 is 0 Å². The van der Waals surface area contributed by atoms with E-state index >= 15 is 0 Å². The Hall–Kier alpha value is -2.45. The molecule has 148 valence electrons. The third-order valence-electron chi connectivity index (χ3n) is 5.19.